The fourth-order valence-electron chi connectivity index (χ4n) is 0.0941. The summed E-state index contributed by atoms with van der Waals surface area (Å²) in [5, 5.41) is 9.30. The van der Waals surface area contributed by atoms with Crippen molar-refractivity contribution in [1.82, 2.24) is 0 Å². The minimum Gasteiger partial charge on any atom is -0.382 e. The van der Waals surface area contributed by atoms with Crippen LogP contribution in [-0.2, 0) is 4.79 Å². The van der Waals surface area contributed by atoms with Crippen LogP contribution in [0.3, 0.4) is 0 Å². The highest BCUT2D eigenvalue weighted by molar-refractivity contribution is 9.09. The Morgan fingerprint density at radius 2 is 2.25 bits per heavy atom. The van der Waals surface area contributed by atoms with Crippen molar-refractivity contribution in [3.05, 3.63) is 0 Å². The molecule has 1 N–H and O–H groups in total. The fraction of sp³-hybridized carbons (Fsp3) is 0.800. The first-order valence-electron chi connectivity index (χ1n) is 2.30. The molecular weight excluding hydrogens is 172 g/mol. The monoisotopic (exact) mass is 180 g/mol. The van der Waals surface area contributed by atoms with Gasteiger partial charge in [0, 0.05) is 5.33 Å². The summed E-state index contributed by atoms with van der Waals surface area (Å²) >= 11 is 3.00. The minimum absolute atomic E-state index is 0.214. The number of Topliss-reactive ketones (excluding diaryl/α,β-unsaturated/α-hetero) is 1. The number of aliphatic hydroxyl groups is 1. The molecule has 1 atom stereocenters. The molecule has 0 aliphatic carbocycles. The van der Waals surface area contributed by atoms with E-state index < -0.39 is 5.60 Å². The van der Waals surface area contributed by atoms with Crippen molar-refractivity contribution in [1.29, 1.82) is 0 Å². The second-order valence-corrected chi connectivity index (χ2v) is 2.52. The van der Waals surface area contributed by atoms with Crippen LogP contribution < -0.4 is 0 Å². The first-order chi connectivity index (χ1) is 3.50. The Hall–Kier alpha value is 0.110. The molecule has 0 aliphatic heterocycles. The number of hydrogen-bond acceptors (Lipinski definition) is 2. The molecule has 0 saturated carbocycles. The van der Waals surface area contributed by atoms with E-state index in [-0.39, 0.29) is 5.78 Å². The quantitative estimate of drug-likeness (QED) is 0.637. The van der Waals surface area contributed by atoms with Gasteiger partial charge < -0.3 is 5.11 Å². The summed E-state index contributed by atoms with van der Waals surface area (Å²) in [6.07, 6.45) is 0. The molecule has 0 aliphatic rings. The maximum atomic E-state index is 10.4. The number of halogens is 1. The van der Waals surface area contributed by atoms with Crippen molar-refractivity contribution in [2.75, 3.05) is 5.33 Å². The minimum atomic E-state index is -1.18. The third-order valence-electron chi connectivity index (χ3n) is 1.02. The molecule has 0 saturated heterocycles. The Labute approximate surface area is 57.0 Å². The number of rotatable bonds is 2. The van der Waals surface area contributed by atoms with Gasteiger partial charge in [0.05, 0.1) is 0 Å². The van der Waals surface area contributed by atoms with Crippen molar-refractivity contribution in [2.24, 2.45) is 0 Å². The molecular formula is C5H9BrO2. The Kier molecular flexibility index (Phi) is 2.63. The van der Waals surface area contributed by atoms with E-state index in [4.69, 9.17) is 5.11 Å². The number of alkyl halides is 1. The molecule has 1 unspecified atom stereocenters. The molecule has 0 aromatic heterocycles. The Bertz CT molecular complexity index is 98.6. The molecule has 0 amide bonds. The number of ketones is 1. The van der Waals surface area contributed by atoms with Gasteiger partial charge in [0.25, 0.3) is 0 Å². The zero-order valence-electron chi connectivity index (χ0n) is 4.94. The maximum absolute atomic E-state index is 10.4. The van der Waals surface area contributed by atoms with E-state index in [1.165, 1.54) is 13.8 Å². The van der Waals surface area contributed by atoms with Crippen LogP contribution in [0.15, 0.2) is 0 Å². The van der Waals surface area contributed by atoms with E-state index in [0.29, 0.717) is 5.33 Å². The van der Waals surface area contributed by atoms with Crippen LogP contribution in [0.25, 0.3) is 0 Å². The van der Waals surface area contributed by atoms with Crippen LogP contribution in [0.4, 0.5) is 0 Å². The lowest BCUT2D eigenvalue weighted by Crippen LogP contribution is -2.34. The molecule has 0 spiro atoms. The fourth-order valence-corrected chi connectivity index (χ4v) is 0.489. The summed E-state index contributed by atoms with van der Waals surface area (Å²) in [4.78, 5) is 10.4. The molecule has 0 aromatic rings. The van der Waals surface area contributed by atoms with Crippen molar-refractivity contribution < 1.29 is 9.90 Å². The highest BCUT2D eigenvalue weighted by Gasteiger charge is 2.23. The Balaban J connectivity index is 3.91. The molecule has 0 heterocycles. The summed E-state index contributed by atoms with van der Waals surface area (Å²) < 4.78 is 0. The average Bonchev–Trinajstić information content (AvgIpc) is 1.67. The van der Waals surface area contributed by atoms with Crippen LogP contribution in [0, 0.1) is 0 Å². The zero-order chi connectivity index (χ0) is 6.78. The molecule has 48 valence electrons. The summed E-state index contributed by atoms with van der Waals surface area (Å²) in [6.45, 7) is 2.84. The molecule has 0 fully saturated rings. The number of carbonyl (C=O) groups excluding carboxylic acids is 1. The van der Waals surface area contributed by atoms with Crippen LogP contribution >= 0.6 is 15.9 Å². The molecule has 2 nitrogen and oxygen atoms in total. The summed E-state index contributed by atoms with van der Waals surface area (Å²) in [7, 11) is 0. The van der Waals surface area contributed by atoms with Gasteiger partial charge in [0.2, 0.25) is 0 Å². The summed E-state index contributed by atoms with van der Waals surface area (Å²) in [5.41, 5.74) is -1.18. The van der Waals surface area contributed by atoms with Crippen molar-refractivity contribution in [3.63, 3.8) is 0 Å². The van der Waals surface area contributed by atoms with Crippen LogP contribution in [0.1, 0.15) is 13.8 Å². The standard InChI is InChI=1S/C5H9BrO2/c1-4(7)5(2,8)3-6/h8H,3H2,1-2H3. The van der Waals surface area contributed by atoms with Gasteiger partial charge in [-0.05, 0) is 13.8 Å². The summed E-state index contributed by atoms with van der Waals surface area (Å²) in [5.74, 6) is -0.214. The first-order valence-corrected chi connectivity index (χ1v) is 3.42. The second kappa shape index (κ2) is 2.60. The van der Waals surface area contributed by atoms with Crippen molar-refractivity contribution in [3.8, 4) is 0 Å². The van der Waals surface area contributed by atoms with Crippen LogP contribution in [0.5, 0.6) is 0 Å². The van der Waals surface area contributed by atoms with Crippen LogP contribution in [0.2, 0.25) is 0 Å². The van der Waals surface area contributed by atoms with Gasteiger partial charge in [0.15, 0.2) is 5.78 Å². The Morgan fingerprint density at radius 3 is 2.25 bits per heavy atom. The lowest BCUT2D eigenvalue weighted by atomic mass is 10.1. The van der Waals surface area contributed by atoms with E-state index in [1.807, 2.05) is 0 Å². The van der Waals surface area contributed by atoms with Gasteiger partial charge in [0.1, 0.15) is 5.60 Å². The molecule has 0 rings (SSSR count). The molecule has 0 aromatic carbocycles. The van der Waals surface area contributed by atoms with Gasteiger partial charge in [-0.25, -0.2) is 0 Å². The Morgan fingerprint density at radius 1 is 1.88 bits per heavy atom. The molecule has 0 bridgehead atoms. The van der Waals surface area contributed by atoms with Gasteiger partial charge in [-0.1, -0.05) is 15.9 Å². The van der Waals surface area contributed by atoms with Gasteiger partial charge >= 0.3 is 0 Å². The third kappa shape index (κ3) is 1.92. The number of hydrogen-bond donors (Lipinski definition) is 1. The predicted octanol–water partition coefficient (Wildman–Crippen LogP) is 0.721. The van der Waals surface area contributed by atoms with Gasteiger partial charge in [-0.15, -0.1) is 0 Å². The van der Waals surface area contributed by atoms with E-state index >= 15 is 0 Å². The zero-order valence-corrected chi connectivity index (χ0v) is 6.53. The average molecular weight is 181 g/mol. The van der Waals surface area contributed by atoms with E-state index in [2.05, 4.69) is 15.9 Å². The number of carbonyl (C=O) groups is 1. The topological polar surface area (TPSA) is 37.3 Å². The first kappa shape index (κ1) is 8.11. The van der Waals surface area contributed by atoms with E-state index in [1.54, 1.807) is 0 Å². The molecule has 8 heavy (non-hydrogen) atoms. The smallest absolute Gasteiger partial charge is 0.161 e. The molecule has 0 radical (unpaired) electrons. The summed E-state index contributed by atoms with van der Waals surface area (Å²) in [6, 6.07) is 0. The lowest BCUT2D eigenvalue weighted by molar-refractivity contribution is -0.131. The highest BCUT2D eigenvalue weighted by atomic mass is 79.9. The van der Waals surface area contributed by atoms with Gasteiger partial charge in [-0.3, -0.25) is 4.79 Å². The largest absolute Gasteiger partial charge is 0.382 e. The lowest BCUT2D eigenvalue weighted by Gasteiger charge is -2.14. The van der Waals surface area contributed by atoms with E-state index in [9.17, 15) is 4.79 Å². The predicted molar refractivity (Wildman–Crippen MR) is 35.1 cm³/mol. The SMILES string of the molecule is CC(=O)C(C)(O)CBr. The van der Waals surface area contributed by atoms with Gasteiger partial charge in [-0.2, -0.15) is 0 Å². The third-order valence-corrected chi connectivity index (χ3v) is 2.11. The van der Waals surface area contributed by atoms with Crippen molar-refractivity contribution in [2.45, 2.75) is 19.4 Å². The van der Waals surface area contributed by atoms with Crippen LogP contribution in [-0.4, -0.2) is 21.8 Å². The highest BCUT2D eigenvalue weighted by Crippen LogP contribution is 2.07. The second-order valence-electron chi connectivity index (χ2n) is 1.96. The maximum Gasteiger partial charge on any atom is 0.161 e. The van der Waals surface area contributed by atoms with E-state index in [0.717, 1.165) is 0 Å². The van der Waals surface area contributed by atoms with Crippen molar-refractivity contribution >= 4 is 21.7 Å². The molecule has 3 heteroatoms. The normalized spacial score (nSPS) is 17.5.